The maximum atomic E-state index is 11.8. The van der Waals surface area contributed by atoms with Crippen LogP contribution in [0.2, 0.25) is 0 Å². The van der Waals surface area contributed by atoms with Gasteiger partial charge < -0.3 is 15.2 Å². The number of amides is 1. The molecule has 2 aromatic rings. The summed E-state index contributed by atoms with van der Waals surface area (Å²) in [5.74, 6) is 0.870. The molecule has 2 aromatic carbocycles. The third-order valence-electron chi connectivity index (χ3n) is 3.92. The molecule has 1 saturated carbocycles. The molecule has 23 heavy (non-hydrogen) atoms. The fraction of sp³-hybridized carbons (Fsp3) is 0.316. The lowest BCUT2D eigenvalue weighted by Crippen LogP contribution is -2.13. The van der Waals surface area contributed by atoms with Crippen molar-refractivity contribution in [2.45, 2.75) is 25.9 Å². The van der Waals surface area contributed by atoms with Gasteiger partial charge in [-0.3, -0.25) is 4.79 Å². The van der Waals surface area contributed by atoms with Crippen LogP contribution in [0.3, 0.4) is 0 Å². The zero-order chi connectivity index (χ0) is 16.2. The predicted octanol–water partition coefficient (Wildman–Crippen LogP) is 3.46. The molecule has 0 radical (unpaired) electrons. The average molecular weight is 311 g/mol. The van der Waals surface area contributed by atoms with Crippen molar-refractivity contribution in [3.8, 4) is 5.75 Å². The molecule has 1 unspecified atom stereocenters. The smallest absolute Gasteiger partial charge is 0.227 e. The maximum Gasteiger partial charge on any atom is 0.227 e. The predicted molar refractivity (Wildman–Crippen MR) is 89.4 cm³/mol. The van der Waals surface area contributed by atoms with Gasteiger partial charge in [0.15, 0.2) is 0 Å². The summed E-state index contributed by atoms with van der Waals surface area (Å²) in [6.07, 6.45) is 1.27. The topological polar surface area (TPSA) is 58.6 Å². The monoisotopic (exact) mass is 311 g/mol. The minimum absolute atomic E-state index is 0.0711. The number of benzene rings is 2. The number of hydrogen-bond acceptors (Lipinski definition) is 3. The van der Waals surface area contributed by atoms with Crippen LogP contribution in [0.25, 0.3) is 0 Å². The summed E-state index contributed by atoms with van der Waals surface area (Å²) in [4.78, 5) is 11.8. The van der Waals surface area contributed by atoms with Gasteiger partial charge in [-0.25, -0.2) is 0 Å². The van der Waals surface area contributed by atoms with Gasteiger partial charge in [-0.1, -0.05) is 35.9 Å². The van der Waals surface area contributed by atoms with E-state index in [9.17, 15) is 9.90 Å². The van der Waals surface area contributed by atoms with Crippen LogP contribution in [-0.2, 0) is 4.79 Å². The van der Waals surface area contributed by atoms with Gasteiger partial charge in [0, 0.05) is 17.7 Å². The Kier molecular flexibility index (Phi) is 4.63. The standard InChI is InChI=1S/C19H21NO3/c1-13-5-7-14(8-6-13)18(21)12-23-17-4-2-3-16(11-17)20-19(22)15-9-10-15/h2-8,11,15,18,21H,9-10,12H2,1H3,(H,20,22). The molecule has 4 heteroatoms. The minimum Gasteiger partial charge on any atom is -0.490 e. The van der Waals surface area contributed by atoms with Crippen molar-refractivity contribution in [1.82, 2.24) is 0 Å². The number of hydrogen-bond donors (Lipinski definition) is 2. The van der Waals surface area contributed by atoms with Crippen LogP contribution in [0.5, 0.6) is 5.75 Å². The summed E-state index contributed by atoms with van der Waals surface area (Å²) in [7, 11) is 0. The highest BCUT2D eigenvalue weighted by Gasteiger charge is 2.29. The van der Waals surface area contributed by atoms with E-state index in [4.69, 9.17) is 4.74 Å². The van der Waals surface area contributed by atoms with Gasteiger partial charge in [-0.05, 0) is 37.5 Å². The van der Waals surface area contributed by atoms with Gasteiger partial charge >= 0.3 is 0 Å². The summed E-state index contributed by atoms with van der Waals surface area (Å²) >= 11 is 0. The minimum atomic E-state index is -0.680. The molecule has 1 atom stereocenters. The molecule has 3 rings (SSSR count). The third kappa shape index (κ3) is 4.33. The van der Waals surface area contributed by atoms with Crippen molar-refractivity contribution in [2.75, 3.05) is 11.9 Å². The first kappa shape index (κ1) is 15.6. The molecule has 0 saturated heterocycles. The summed E-state index contributed by atoms with van der Waals surface area (Å²) < 4.78 is 5.65. The number of carbonyl (C=O) groups is 1. The largest absolute Gasteiger partial charge is 0.490 e. The summed E-state index contributed by atoms with van der Waals surface area (Å²) in [6.45, 7) is 2.18. The quantitative estimate of drug-likeness (QED) is 0.859. The molecule has 4 nitrogen and oxygen atoms in total. The van der Waals surface area contributed by atoms with E-state index in [1.165, 1.54) is 0 Å². The Labute approximate surface area is 136 Å². The molecule has 1 amide bonds. The fourth-order valence-electron chi connectivity index (χ4n) is 2.31. The fourth-order valence-corrected chi connectivity index (χ4v) is 2.31. The Morgan fingerprint density at radius 3 is 2.70 bits per heavy atom. The van der Waals surface area contributed by atoms with Gasteiger partial charge in [-0.15, -0.1) is 0 Å². The van der Waals surface area contributed by atoms with E-state index in [1.807, 2.05) is 49.4 Å². The molecule has 120 valence electrons. The second kappa shape index (κ2) is 6.84. The van der Waals surface area contributed by atoms with E-state index in [0.717, 1.165) is 29.7 Å². The highest BCUT2D eigenvalue weighted by Crippen LogP contribution is 2.30. The molecule has 0 heterocycles. The Morgan fingerprint density at radius 1 is 1.26 bits per heavy atom. The van der Waals surface area contributed by atoms with Gasteiger partial charge in [0.2, 0.25) is 5.91 Å². The molecule has 2 N–H and O–H groups in total. The van der Waals surface area contributed by atoms with Crippen molar-refractivity contribution in [1.29, 1.82) is 0 Å². The van der Waals surface area contributed by atoms with E-state index in [-0.39, 0.29) is 18.4 Å². The third-order valence-corrected chi connectivity index (χ3v) is 3.92. The Hall–Kier alpha value is -2.33. The zero-order valence-corrected chi connectivity index (χ0v) is 13.2. The zero-order valence-electron chi connectivity index (χ0n) is 13.2. The van der Waals surface area contributed by atoms with Gasteiger partial charge in [0.25, 0.3) is 0 Å². The number of ether oxygens (including phenoxy) is 1. The van der Waals surface area contributed by atoms with E-state index in [1.54, 1.807) is 6.07 Å². The lowest BCUT2D eigenvalue weighted by Gasteiger charge is -2.14. The average Bonchev–Trinajstić information content (AvgIpc) is 3.38. The summed E-state index contributed by atoms with van der Waals surface area (Å²) in [5.41, 5.74) is 2.71. The summed E-state index contributed by atoms with van der Waals surface area (Å²) in [5, 5.41) is 13.1. The van der Waals surface area contributed by atoms with E-state index in [2.05, 4.69) is 5.32 Å². The number of aliphatic hydroxyl groups excluding tert-OH is 1. The highest BCUT2D eigenvalue weighted by molar-refractivity contribution is 5.94. The summed E-state index contributed by atoms with van der Waals surface area (Å²) in [6, 6.07) is 15.0. The maximum absolute atomic E-state index is 11.8. The Balaban J connectivity index is 1.57. The van der Waals surface area contributed by atoms with E-state index < -0.39 is 6.10 Å². The molecule has 1 aliphatic rings. The van der Waals surface area contributed by atoms with Crippen LogP contribution in [0.4, 0.5) is 5.69 Å². The SMILES string of the molecule is Cc1ccc(C(O)COc2cccc(NC(=O)C3CC3)c2)cc1. The number of anilines is 1. The van der Waals surface area contributed by atoms with Gasteiger partial charge in [0.05, 0.1) is 0 Å². The van der Waals surface area contributed by atoms with Crippen LogP contribution in [0, 0.1) is 12.8 Å². The van der Waals surface area contributed by atoms with Crippen LogP contribution in [0.15, 0.2) is 48.5 Å². The first-order valence-electron chi connectivity index (χ1n) is 7.90. The van der Waals surface area contributed by atoms with Crippen molar-refractivity contribution in [3.63, 3.8) is 0 Å². The molecule has 1 fully saturated rings. The lowest BCUT2D eigenvalue weighted by atomic mass is 10.1. The molecular weight excluding hydrogens is 290 g/mol. The lowest BCUT2D eigenvalue weighted by molar-refractivity contribution is -0.117. The highest BCUT2D eigenvalue weighted by atomic mass is 16.5. The normalized spacial score (nSPS) is 15.0. The van der Waals surface area contributed by atoms with Crippen LogP contribution >= 0.6 is 0 Å². The van der Waals surface area contributed by atoms with Crippen molar-refractivity contribution in [3.05, 3.63) is 59.7 Å². The van der Waals surface area contributed by atoms with Crippen molar-refractivity contribution < 1.29 is 14.6 Å². The number of nitrogens with one attached hydrogen (secondary N) is 1. The van der Waals surface area contributed by atoms with Crippen LogP contribution in [0.1, 0.15) is 30.1 Å². The van der Waals surface area contributed by atoms with Gasteiger partial charge in [-0.2, -0.15) is 0 Å². The number of rotatable bonds is 6. The second-order valence-electron chi connectivity index (χ2n) is 6.03. The van der Waals surface area contributed by atoms with Crippen LogP contribution < -0.4 is 10.1 Å². The molecule has 0 aromatic heterocycles. The molecule has 0 spiro atoms. The first-order chi connectivity index (χ1) is 11.1. The number of aliphatic hydroxyl groups is 1. The second-order valence-corrected chi connectivity index (χ2v) is 6.03. The molecule has 0 bridgehead atoms. The number of carbonyl (C=O) groups excluding carboxylic acids is 1. The van der Waals surface area contributed by atoms with Crippen molar-refractivity contribution >= 4 is 11.6 Å². The van der Waals surface area contributed by atoms with E-state index in [0.29, 0.717) is 5.75 Å². The van der Waals surface area contributed by atoms with Crippen LogP contribution in [-0.4, -0.2) is 17.6 Å². The van der Waals surface area contributed by atoms with E-state index >= 15 is 0 Å². The van der Waals surface area contributed by atoms with Crippen molar-refractivity contribution in [2.24, 2.45) is 5.92 Å². The Morgan fingerprint density at radius 2 is 2.00 bits per heavy atom. The number of aryl methyl sites for hydroxylation is 1. The molecular formula is C19H21NO3. The molecule has 0 aliphatic heterocycles. The Bertz CT molecular complexity index is 677. The van der Waals surface area contributed by atoms with Gasteiger partial charge in [0.1, 0.15) is 18.5 Å². The molecule has 1 aliphatic carbocycles. The first-order valence-corrected chi connectivity index (χ1v) is 7.90.